The van der Waals surface area contributed by atoms with Gasteiger partial charge in [0.15, 0.2) is 0 Å². The number of nitrogens with two attached hydrogens (primary N) is 1. The van der Waals surface area contributed by atoms with Gasteiger partial charge in [0, 0.05) is 13.0 Å². The summed E-state index contributed by atoms with van der Waals surface area (Å²) in [6.07, 6.45) is 5.18. The van der Waals surface area contributed by atoms with Crippen molar-refractivity contribution in [2.75, 3.05) is 0 Å². The lowest BCUT2D eigenvalue weighted by molar-refractivity contribution is -0.128. The number of imide groups is 1. The number of primary amides is 1. The fourth-order valence-electron chi connectivity index (χ4n) is 1.93. The maximum atomic E-state index is 11.1. The Morgan fingerprint density at radius 1 is 1.23 bits per heavy atom. The molecular formula is C9H16N2O2. The number of hydrogen-bond acceptors (Lipinski definition) is 2. The van der Waals surface area contributed by atoms with Crippen LogP contribution >= 0.6 is 0 Å². The molecule has 1 fully saturated rings. The van der Waals surface area contributed by atoms with E-state index in [4.69, 9.17) is 5.73 Å². The average Bonchev–Trinajstić information content (AvgIpc) is 2.04. The Balaban J connectivity index is 2.62. The highest BCUT2D eigenvalue weighted by atomic mass is 16.2. The second kappa shape index (κ2) is 4.25. The van der Waals surface area contributed by atoms with E-state index in [1.165, 1.54) is 18.2 Å². The number of amides is 3. The highest BCUT2D eigenvalue weighted by Gasteiger charge is 2.26. The number of urea groups is 1. The topological polar surface area (TPSA) is 63.4 Å². The molecule has 1 saturated carbocycles. The van der Waals surface area contributed by atoms with Gasteiger partial charge in [-0.3, -0.25) is 9.69 Å². The smallest absolute Gasteiger partial charge is 0.321 e. The molecular weight excluding hydrogens is 168 g/mol. The zero-order valence-electron chi connectivity index (χ0n) is 7.95. The molecule has 3 amide bonds. The van der Waals surface area contributed by atoms with Crippen LogP contribution in [0.2, 0.25) is 0 Å². The number of rotatable bonds is 1. The summed E-state index contributed by atoms with van der Waals surface area (Å²) in [7, 11) is 0. The summed E-state index contributed by atoms with van der Waals surface area (Å²) >= 11 is 0. The Bertz CT molecular complexity index is 196. The molecule has 0 aromatic rings. The van der Waals surface area contributed by atoms with E-state index in [9.17, 15) is 9.59 Å². The average molecular weight is 184 g/mol. The van der Waals surface area contributed by atoms with Crippen LogP contribution in [0.15, 0.2) is 0 Å². The van der Waals surface area contributed by atoms with Gasteiger partial charge in [0.05, 0.1) is 0 Å². The summed E-state index contributed by atoms with van der Waals surface area (Å²) in [5.41, 5.74) is 5.13. The first-order valence-corrected chi connectivity index (χ1v) is 4.72. The second-order valence-corrected chi connectivity index (χ2v) is 3.52. The molecule has 0 aromatic carbocycles. The van der Waals surface area contributed by atoms with Crippen molar-refractivity contribution in [2.45, 2.75) is 45.1 Å². The molecule has 0 aromatic heterocycles. The van der Waals surface area contributed by atoms with Gasteiger partial charge in [-0.25, -0.2) is 4.79 Å². The maximum Gasteiger partial charge on any atom is 0.321 e. The van der Waals surface area contributed by atoms with Gasteiger partial charge in [-0.1, -0.05) is 19.3 Å². The van der Waals surface area contributed by atoms with Crippen LogP contribution in [0, 0.1) is 0 Å². The fourth-order valence-corrected chi connectivity index (χ4v) is 1.93. The lowest BCUT2D eigenvalue weighted by Crippen LogP contribution is -2.47. The largest absolute Gasteiger partial charge is 0.351 e. The van der Waals surface area contributed by atoms with E-state index < -0.39 is 6.03 Å². The third-order valence-electron chi connectivity index (χ3n) is 2.52. The standard InChI is InChI=1S/C9H16N2O2/c1-7(12)11(9(10)13)8-5-3-2-4-6-8/h8H,2-6H2,1H3,(H2,10,13). The lowest BCUT2D eigenvalue weighted by Gasteiger charge is -2.30. The Labute approximate surface area is 78.1 Å². The van der Waals surface area contributed by atoms with E-state index in [-0.39, 0.29) is 11.9 Å². The minimum Gasteiger partial charge on any atom is -0.351 e. The van der Waals surface area contributed by atoms with Gasteiger partial charge in [0.25, 0.3) is 0 Å². The highest BCUT2D eigenvalue weighted by molar-refractivity contribution is 5.92. The molecule has 0 saturated heterocycles. The molecule has 1 aliphatic carbocycles. The summed E-state index contributed by atoms with van der Waals surface area (Å²) < 4.78 is 0. The van der Waals surface area contributed by atoms with Crippen LogP contribution < -0.4 is 5.73 Å². The third kappa shape index (κ3) is 2.44. The first-order valence-electron chi connectivity index (χ1n) is 4.72. The molecule has 74 valence electrons. The van der Waals surface area contributed by atoms with Crippen molar-refractivity contribution < 1.29 is 9.59 Å². The van der Waals surface area contributed by atoms with Crippen molar-refractivity contribution in [3.8, 4) is 0 Å². The van der Waals surface area contributed by atoms with Crippen molar-refractivity contribution >= 4 is 11.9 Å². The molecule has 0 heterocycles. The lowest BCUT2D eigenvalue weighted by atomic mass is 9.94. The normalized spacial score (nSPS) is 18.2. The monoisotopic (exact) mass is 184 g/mol. The Morgan fingerprint density at radius 2 is 1.77 bits per heavy atom. The third-order valence-corrected chi connectivity index (χ3v) is 2.52. The number of carbonyl (C=O) groups excluding carboxylic acids is 2. The predicted octanol–water partition coefficient (Wildman–Crippen LogP) is 1.25. The van der Waals surface area contributed by atoms with E-state index in [0.29, 0.717) is 0 Å². The summed E-state index contributed by atoms with van der Waals surface area (Å²) in [5, 5.41) is 0. The molecule has 0 unspecified atom stereocenters. The van der Waals surface area contributed by atoms with Gasteiger partial charge in [-0.2, -0.15) is 0 Å². The summed E-state index contributed by atoms with van der Waals surface area (Å²) in [6, 6.07) is -0.567. The molecule has 13 heavy (non-hydrogen) atoms. The van der Waals surface area contributed by atoms with Crippen molar-refractivity contribution in [2.24, 2.45) is 5.73 Å². The minimum absolute atomic E-state index is 0.0451. The van der Waals surface area contributed by atoms with E-state index in [1.807, 2.05) is 0 Å². The van der Waals surface area contributed by atoms with Crippen LogP contribution in [-0.2, 0) is 4.79 Å². The van der Waals surface area contributed by atoms with Crippen LogP contribution in [0.3, 0.4) is 0 Å². The van der Waals surface area contributed by atoms with Crippen molar-refractivity contribution in [1.82, 2.24) is 4.90 Å². The number of nitrogens with zero attached hydrogens (tertiary/aromatic N) is 1. The summed E-state index contributed by atoms with van der Waals surface area (Å²) in [5.74, 6) is -0.237. The Kier molecular flexibility index (Phi) is 3.28. The van der Waals surface area contributed by atoms with Crippen molar-refractivity contribution in [3.05, 3.63) is 0 Å². The van der Waals surface area contributed by atoms with Gasteiger partial charge < -0.3 is 5.73 Å². The summed E-state index contributed by atoms with van der Waals surface area (Å²) in [4.78, 5) is 23.3. The molecule has 2 N–H and O–H groups in total. The summed E-state index contributed by atoms with van der Waals surface area (Å²) in [6.45, 7) is 1.39. The highest BCUT2D eigenvalue weighted by Crippen LogP contribution is 2.22. The van der Waals surface area contributed by atoms with Gasteiger partial charge in [0.1, 0.15) is 0 Å². The number of carbonyl (C=O) groups is 2. The van der Waals surface area contributed by atoms with E-state index in [0.717, 1.165) is 25.7 Å². The van der Waals surface area contributed by atoms with Crippen LogP contribution in [0.5, 0.6) is 0 Å². The van der Waals surface area contributed by atoms with Crippen LogP contribution in [-0.4, -0.2) is 22.9 Å². The Morgan fingerprint density at radius 3 is 2.15 bits per heavy atom. The van der Waals surface area contributed by atoms with E-state index in [1.54, 1.807) is 0 Å². The molecule has 0 radical (unpaired) electrons. The Hall–Kier alpha value is -1.06. The first kappa shape index (κ1) is 10.0. The zero-order valence-corrected chi connectivity index (χ0v) is 7.95. The SMILES string of the molecule is CC(=O)N(C(N)=O)C1CCCCC1. The molecule has 0 aliphatic heterocycles. The van der Waals surface area contributed by atoms with Gasteiger partial charge in [-0.15, -0.1) is 0 Å². The van der Waals surface area contributed by atoms with Crippen molar-refractivity contribution in [3.63, 3.8) is 0 Å². The van der Waals surface area contributed by atoms with Gasteiger partial charge in [-0.05, 0) is 12.8 Å². The minimum atomic E-state index is -0.612. The van der Waals surface area contributed by atoms with E-state index in [2.05, 4.69) is 0 Å². The van der Waals surface area contributed by atoms with E-state index >= 15 is 0 Å². The molecule has 0 spiro atoms. The van der Waals surface area contributed by atoms with Crippen LogP contribution in [0.4, 0.5) is 4.79 Å². The maximum absolute atomic E-state index is 11.1. The molecule has 1 aliphatic rings. The van der Waals surface area contributed by atoms with Crippen LogP contribution in [0.25, 0.3) is 0 Å². The second-order valence-electron chi connectivity index (χ2n) is 3.52. The van der Waals surface area contributed by atoms with Crippen LogP contribution in [0.1, 0.15) is 39.0 Å². The zero-order chi connectivity index (χ0) is 9.84. The quantitative estimate of drug-likeness (QED) is 0.666. The molecule has 1 rings (SSSR count). The molecule has 0 atom stereocenters. The number of hydrogen-bond donors (Lipinski definition) is 1. The predicted molar refractivity (Wildman–Crippen MR) is 49.0 cm³/mol. The molecule has 4 nitrogen and oxygen atoms in total. The van der Waals surface area contributed by atoms with Gasteiger partial charge in [0.2, 0.25) is 5.91 Å². The van der Waals surface area contributed by atoms with Gasteiger partial charge >= 0.3 is 6.03 Å². The first-order chi connectivity index (χ1) is 6.13. The van der Waals surface area contributed by atoms with Crippen molar-refractivity contribution in [1.29, 1.82) is 0 Å². The molecule has 0 bridgehead atoms. The molecule has 4 heteroatoms. The fraction of sp³-hybridized carbons (Fsp3) is 0.778.